The number of nitrogens with zero attached hydrogens (tertiary/aromatic N) is 4. The third-order valence-corrected chi connectivity index (χ3v) is 3.02. The molecule has 1 aromatic rings. The summed E-state index contributed by atoms with van der Waals surface area (Å²) in [5.74, 6) is 0. The summed E-state index contributed by atoms with van der Waals surface area (Å²) in [6.07, 6.45) is 0.273. The molecule has 0 aliphatic carbocycles. The first-order valence-electron chi connectivity index (χ1n) is 6.53. The van der Waals surface area contributed by atoms with Gasteiger partial charge in [-0.3, -0.25) is 4.90 Å². The molecule has 1 aliphatic rings. The van der Waals surface area contributed by atoms with Crippen LogP contribution >= 0.6 is 0 Å². The number of anilines is 1. The van der Waals surface area contributed by atoms with E-state index in [2.05, 4.69) is 10.0 Å². The van der Waals surface area contributed by atoms with Crippen molar-refractivity contribution in [2.45, 2.75) is 38.8 Å². The number of carbonyl (C=O) groups is 1. The number of carbonyl (C=O) groups excluding carboxylic acids is 1. The van der Waals surface area contributed by atoms with Gasteiger partial charge >= 0.3 is 6.09 Å². The van der Waals surface area contributed by atoms with Crippen LogP contribution in [0.5, 0.6) is 0 Å². The molecule has 0 saturated heterocycles. The second-order valence-corrected chi connectivity index (χ2v) is 5.75. The Kier molecular flexibility index (Phi) is 3.86. The summed E-state index contributed by atoms with van der Waals surface area (Å²) >= 11 is 0. The zero-order chi connectivity index (χ0) is 14.8. The van der Waals surface area contributed by atoms with Crippen molar-refractivity contribution in [1.82, 2.24) is 0 Å². The van der Waals surface area contributed by atoms with E-state index in [1.54, 1.807) is 4.90 Å². The van der Waals surface area contributed by atoms with Crippen LogP contribution in [0.1, 0.15) is 26.3 Å². The first kappa shape index (κ1) is 14.2. The molecule has 1 heterocycles. The van der Waals surface area contributed by atoms with Gasteiger partial charge in [-0.25, -0.2) is 4.79 Å². The molecule has 0 aromatic heterocycles. The van der Waals surface area contributed by atoms with Gasteiger partial charge in [-0.2, -0.15) is 0 Å². The lowest BCUT2D eigenvalue weighted by molar-refractivity contribution is 0.0571. The SMILES string of the molecule is CC(C)(C)OC(=O)N1c2ccccc2C[C@H]1CN=[N+]=[N-]. The molecule has 0 spiro atoms. The molecule has 0 saturated carbocycles. The Balaban J connectivity index is 2.29. The fourth-order valence-electron chi connectivity index (χ4n) is 2.30. The molecule has 0 fully saturated rings. The number of azide groups is 1. The van der Waals surface area contributed by atoms with Crippen molar-refractivity contribution >= 4 is 11.8 Å². The fraction of sp³-hybridized carbons (Fsp3) is 0.500. The molecule has 0 unspecified atom stereocenters. The Morgan fingerprint density at radius 2 is 2.20 bits per heavy atom. The Hall–Kier alpha value is -2.20. The highest BCUT2D eigenvalue weighted by Crippen LogP contribution is 2.33. The van der Waals surface area contributed by atoms with E-state index < -0.39 is 11.7 Å². The van der Waals surface area contributed by atoms with Gasteiger partial charge in [0.1, 0.15) is 5.60 Å². The highest BCUT2D eigenvalue weighted by molar-refractivity contribution is 5.91. The van der Waals surface area contributed by atoms with E-state index in [9.17, 15) is 4.79 Å². The van der Waals surface area contributed by atoms with E-state index in [0.717, 1.165) is 11.3 Å². The maximum atomic E-state index is 12.4. The van der Waals surface area contributed by atoms with Gasteiger partial charge in [0.05, 0.1) is 11.7 Å². The normalized spacial score (nSPS) is 17.4. The van der Waals surface area contributed by atoms with Crippen molar-refractivity contribution < 1.29 is 9.53 Å². The Bertz CT molecular complexity index is 559. The zero-order valence-electron chi connectivity index (χ0n) is 11.9. The van der Waals surface area contributed by atoms with Crippen molar-refractivity contribution in [3.8, 4) is 0 Å². The summed E-state index contributed by atoms with van der Waals surface area (Å²) in [5.41, 5.74) is 9.82. The molecule has 2 rings (SSSR count). The standard InChI is InChI=1S/C14H18N4O2/c1-14(2,3)20-13(19)18-11(9-16-17-15)8-10-6-4-5-7-12(10)18/h4-7,11H,8-9H2,1-3H3/t11-/m0/s1. The van der Waals surface area contributed by atoms with Gasteiger partial charge in [-0.1, -0.05) is 23.3 Å². The molecule has 6 nitrogen and oxygen atoms in total. The molecule has 0 bridgehead atoms. The highest BCUT2D eigenvalue weighted by Gasteiger charge is 2.35. The summed E-state index contributed by atoms with van der Waals surface area (Å²) in [6, 6.07) is 7.49. The molecule has 1 atom stereocenters. The van der Waals surface area contributed by atoms with Gasteiger partial charge in [0.2, 0.25) is 0 Å². The van der Waals surface area contributed by atoms with Crippen molar-refractivity contribution in [3.05, 3.63) is 40.3 Å². The van der Waals surface area contributed by atoms with E-state index in [4.69, 9.17) is 10.3 Å². The predicted molar refractivity (Wildman–Crippen MR) is 76.7 cm³/mol. The number of benzene rings is 1. The minimum absolute atomic E-state index is 0.182. The summed E-state index contributed by atoms with van der Waals surface area (Å²) in [5, 5.41) is 3.60. The number of hydrogen-bond acceptors (Lipinski definition) is 3. The van der Waals surface area contributed by atoms with Crippen LogP contribution in [0, 0.1) is 0 Å². The number of amides is 1. The zero-order valence-corrected chi connectivity index (χ0v) is 11.9. The van der Waals surface area contributed by atoms with Gasteiger partial charge in [0.15, 0.2) is 0 Å². The van der Waals surface area contributed by atoms with Crippen LogP contribution < -0.4 is 4.90 Å². The van der Waals surface area contributed by atoms with Crippen LogP contribution in [0.15, 0.2) is 29.4 Å². The van der Waals surface area contributed by atoms with E-state index >= 15 is 0 Å². The fourth-order valence-corrected chi connectivity index (χ4v) is 2.30. The average Bonchev–Trinajstić information content (AvgIpc) is 2.72. The number of hydrogen-bond donors (Lipinski definition) is 0. The van der Waals surface area contributed by atoms with Gasteiger partial charge in [-0.05, 0) is 44.4 Å². The number of ether oxygens (including phenoxy) is 1. The smallest absolute Gasteiger partial charge is 0.415 e. The second kappa shape index (κ2) is 5.43. The van der Waals surface area contributed by atoms with Crippen LogP contribution in [0.2, 0.25) is 0 Å². The Labute approximate surface area is 118 Å². The molecule has 20 heavy (non-hydrogen) atoms. The Morgan fingerprint density at radius 1 is 1.50 bits per heavy atom. The third-order valence-electron chi connectivity index (χ3n) is 3.02. The largest absolute Gasteiger partial charge is 0.443 e. The molecule has 0 N–H and O–H groups in total. The van der Waals surface area contributed by atoms with Gasteiger partial charge < -0.3 is 4.74 Å². The third kappa shape index (κ3) is 3.03. The first-order valence-corrected chi connectivity index (χ1v) is 6.53. The van der Waals surface area contributed by atoms with Crippen molar-refractivity contribution in [1.29, 1.82) is 0 Å². The van der Waals surface area contributed by atoms with Gasteiger partial charge in [0.25, 0.3) is 0 Å². The monoisotopic (exact) mass is 274 g/mol. The van der Waals surface area contributed by atoms with Gasteiger partial charge in [-0.15, -0.1) is 0 Å². The van der Waals surface area contributed by atoms with E-state index in [-0.39, 0.29) is 12.6 Å². The van der Waals surface area contributed by atoms with E-state index in [1.807, 2.05) is 45.0 Å². The summed E-state index contributed by atoms with van der Waals surface area (Å²) < 4.78 is 5.44. The van der Waals surface area contributed by atoms with Gasteiger partial charge in [0, 0.05) is 11.5 Å². The molecule has 1 amide bonds. The summed E-state index contributed by atoms with van der Waals surface area (Å²) in [4.78, 5) is 16.7. The number of para-hydroxylation sites is 1. The van der Waals surface area contributed by atoms with Crippen molar-refractivity contribution in [2.24, 2.45) is 5.11 Å². The lowest BCUT2D eigenvalue weighted by Crippen LogP contribution is -2.42. The summed E-state index contributed by atoms with van der Waals surface area (Å²) in [6.45, 7) is 5.73. The predicted octanol–water partition coefficient (Wildman–Crippen LogP) is 3.66. The quantitative estimate of drug-likeness (QED) is 0.468. The average molecular weight is 274 g/mol. The van der Waals surface area contributed by atoms with Crippen LogP contribution in [0.3, 0.4) is 0 Å². The number of rotatable bonds is 2. The van der Waals surface area contributed by atoms with E-state index in [1.165, 1.54) is 0 Å². The van der Waals surface area contributed by atoms with Crippen molar-refractivity contribution in [2.75, 3.05) is 11.4 Å². The second-order valence-electron chi connectivity index (χ2n) is 5.75. The van der Waals surface area contributed by atoms with Crippen LogP contribution in [-0.2, 0) is 11.2 Å². The highest BCUT2D eigenvalue weighted by atomic mass is 16.6. The maximum absolute atomic E-state index is 12.4. The molecular formula is C14H18N4O2. The molecule has 1 aliphatic heterocycles. The lowest BCUT2D eigenvalue weighted by atomic mass is 10.1. The molecule has 106 valence electrons. The Morgan fingerprint density at radius 3 is 2.85 bits per heavy atom. The minimum Gasteiger partial charge on any atom is -0.443 e. The molecule has 6 heteroatoms. The van der Waals surface area contributed by atoms with Crippen molar-refractivity contribution in [3.63, 3.8) is 0 Å². The van der Waals surface area contributed by atoms with E-state index in [0.29, 0.717) is 6.42 Å². The maximum Gasteiger partial charge on any atom is 0.415 e. The molecule has 0 radical (unpaired) electrons. The van der Waals surface area contributed by atoms with Crippen LogP contribution in [0.25, 0.3) is 10.4 Å². The first-order chi connectivity index (χ1) is 9.42. The molecule has 1 aromatic carbocycles. The lowest BCUT2D eigenvalue weighted by Gasteiger charge is -2.28. The number of fused-ring (bicyclic) bond motifs is 1. The minimum atomic E-state index is -0.558. The molecular weight excluding hydrogens is 256 g/mol. The summed E-state index contributed by atoms with van der Waals surface area (Å²) in [7, 11) is 0. The van der Waals surface area contributed by atoms with Crippen LogP contribution in [0.4, 0.5) is 10.5 Å². The topological polar surface area (TPSA) is 78.3 Å². The van der Waals surface area contributed by atoms with Crippen LogP contribution in [-0.4, -0.2) is 24.3 Å².